The molecule has 0 aromatic heterocycles. The third-order valence-electron chi connectivity index (χ3n) is 2.43. The predicted octanol–water partition coefficient (Wildman–Crippen LogP) is 1.49. The van der Waals surface area contributed by atoms with Gasteiger partial charge in [0.15, 0.2) is 11.5 Å². The van der Waals surface area contributed by atoms with Crippen LogP contribution >= 0.6 is 0 Å². The first-order valence-electron chi connectivity index (χ1n) is 5.49. The molecule has 0 unspecified atom stereocenters. The Hall–Kier alpha value is -1.42. The van der Waals surface area contributed by atoms with Gasteiger partial charge in [-0.2, -0.15) is 0 Å². The molecular formula is C12H18N2O2. The second kappa shape index (κ2) is 4.61. The number of nitrogens with two attached hydrogens (primary N) is 1. The average molecular weight is 222 g/mol. The van der Waals surface area contributed by atoms with Crippen molar-refractivity contribution in [2.24, 2.45) is 0 Å². The van der Waals surface area contributed by atoms with Crippen LogP contribution in [-0.4, -0.2) is 32.2 Å². The Kier molecular flexibility index (Phi) is 3.19. The Bertz CT molecular complexity index is 378. The van der Waals surface area contributed by atoms with E-state index < -0.39 is 0 Å². The van der Waals surface area contributed by atoms with Crippen molar-refractivity contribution in [1.29, 1.82) is 0 Å². The molecule has 0 fully saturated rings. The number of rotatable bonds is 2. The van der Waals surface area contributed by atoms with Gasteiger partial charge in [0.1, 0.15) is 0 Å². The summed E-state index contributed by atoms with van der Waals surface area (Å²) < 4.78 is 11.4. The highest BCUT2D eigenvalue weighted by molar-refractivity contribution is 5.57. The van der Waals surface area contributed by atoms with Gasteiger partial charge >= 0.3 is 0 Å². The van der Waals surface area contributed by atoms with Crippen molar-refractivity contribution >= 4 is 5.69 Å². The molecule has 0 amide bonds. The van der Waals surface area contributed by atoms with Crippen molar-refractivity contribution in [3.05, 3.63) is 17.7 Å². The molecule has 2 N–H and O–H groups in total. The molecule has 4 heteroatoms. The number of nitrogen functional groups attached to an aromatic ring is 1. The topological polar surface area (TPSA) is 47.7 Å². The normalized spacial score (nSPS) is 14.9. The Labute approximate surface area is 95.9 Å². The Morgan fingerprint density at radius 2 is 2.00 bits per heavy atom. The summed E-state index contributed by atoms with van der Waals surface area (Å²) in [5.41, 5.74) is 7.66. The molecule has 1 heterocycles. The summed E-state index contributed by atoms with van der Waals surface area (Å²) in [7, 11) is 4.04. The number of hydrogen-bond acceptors (Lipinski definition) is 4. The van der Waals surface area contributed by atoms with Crippen LogP contribution in [0.4, 0.5) is 5.69 Å². The standard InChI is InChI=1S/C12H18N2O2/c1-14(2)8-9-6-10(13)7-11-12(9)16-5-3-4-15-11/h6-7H,3-5,8,13H2,1-2H3. The zero-order valence-corrected chi connectivity index (χ0v) is 9.82. The molecule has 0 saturated carbocycles. The van der Waals surface area contributed by atoms with Gasteiger partial charge in [0.05, 0.1) is 13.2 Å². The van der Waals surface area contributed by atoms with Crippen LogP contribution in [0.1, 0.15) is 12.0 Å². The first-order valence-corrected chi connectivity index (χ1v) is 5.49. The predicted molar refractivity (Wildman–Crippen MR) is 63.9 cm³/mol. The SMILES string of the molecule is CN(C)Cc1cc(N)cc2c1OCCCO2. The molecular weight excluding hydrogens is 204 g/mol. The van der Waals surface area contributed by atoms with Gasteiger partial charge in [0.25, 0.3) is 0 Å². The lowest BCUT2D eigenvalue weighted by Gasteiger charge is -2.16. The van der Waals surface area contributed by atoms with Crippen molar-refractivity contribution < 1.29 is 9.47 Å². The van der Waals surface area contributed by atoms with E-state index in [2.05, 4.69) is 4.90 Å². The zero-order valence-electron chi connectivity index (χ0n) is 9.82. The number of hydrogen-bond donors (Lipinski definition) is 1. The first-order chi connectivity index (χ1) is 7.66. The minimum Gasteiger partial charge on any atom is -0.489 e. The molecule has 0 saturated heterocycles. The molecule has 2 rings (SSSR count). The molecule has 0 radical (unpaired) electrons. The summed E-state index contributed by atoms with van der Waals surface area (Å²) in [5.74, 6) is 1.62. The number of ether oxygens (including phenoxy) is 2. The third-order valence-corrected chi connectivity index (χ3v) is 2.43. The molecule has 16 heavy (non-hydrogen) atoms. The summed E-state index contributed by atoms with van der Waals surface area (Å²) in [5, 5.41) is 0. The molecule has 0 bridgehead atoms. The Balaban J connectivity index is 2.38. The maximum Gasteiger partial charge on any atom is 0.165 e. The molecule has 4 nitrogen and oxygen atoms in total. The second-order valence-electron chi connectivity index (χ2n) is 4.30. The van der Waals surface area contributed by atoms with E-state index in [1.165, 1.54) is 0 Å². The highest BCUT2D eigenvalue weighted by Gasteiger charge is 2.16. The van der Waals surface area contributed by atoms with Crippen LogP contribution in [0.5, 0.6) is 11.5 Å². The van der Waals surface area contributed by atoms with Crippen LogP contribution in [-0.2, 0) is 6.54 Å². The van der Waals surface area contributed by atoms with Gasteiger partial charge in [-0.1, -0.05) is 0 Å². The molecule has 1 aliphatic heterocycles. The molecule has 88 valence electrons. The summed E-state index contributed by atoms with van der Waals surface area (Å²) in [6.07, 6.45) is 0.913. The average Bonchev–Trinajstić information content (AvgIpc) is 2.41. The maximum absolute atomic E-state index is 5.86. The smallest absolute Gasteiger partial charge is 0.165 e. The summed E-state index contributed by atoms with van der Waals surface area (Å²) in [4.78, 5) is 2.09. The molecule has 1 aliphatic rings. The van der Waals surface area contributed by atoms with Gasteiger partial charge in [0.2, 0.25) is 0 Å². The monoisotopic (exact) mass is 222 g/mol. The molecule has 1 aromatic rings. The van der Waals surface area contributed by atoms with E-state index in [1.807, 2.05) is 26.2 Å². The van der Waals surface area contributed by atoms with E-state index in [4.69, 9.17) is 15.2 Å². The molecule has 0 atom stereocenters. The van der Waals surface area contributed by atoms with Crippen molar-refractivity contribution in [3.8, 4) is 11.5 Å². The summed E-state index contributed by atoms with van der Waals surface area (Å²) in [6, 6.07) is 3.79. The number of benzene rings is 1. The highest BCUT2D eigenvalue weighted by Crippen LogP contribution is 2.36. The lowest BCUT2D eigenvalue weighted by Crippen LogP contribution is -2.12. The Morgan fingerprint density at radius 1 is 1.25 bits per heavy atom. The van der Waals surface area contributed by atoms with E-state index >= 15 is 0 Å². The van der Waals surface area contributed by atoms with Crippen LogP contribution in [0.25, 0.3) is 0 Å². The van der Waals surface area contributed by atoms with Gasteiger partial charge < -0.3 is 20.1 Å². The van der Waals surface area contributed by atoms with E-state index in [0.29, 0.717) is 13.2 Å². The maximum atomic E-state index is 5.86. The fraction of sp³-hybridized carbons (Fsp3) is 0.500. The molecule has 0 aliphatic carbocycles. The Morgan fingerprint density at radius 3 is 2.75 bits per heavy atom. The van der Waals surface area contributed by atoms with Crippen LogP contribution < -0.4 is 15.2 Å². The van der Waals surface area contributed by atoms with Crippen molar-refractivity contribution in [2.75, 3.05) is 33.0 Å². The first kappa shape index (κ1) is 11.1. The minimum absolute atomic E-state index is 0.692. The lowest BCUT2D eigenvalue weighted by atomic mass is 10.1. The second-order valence-corrected chi connectivity index (χ2v) is 4.30. The van der Waals surface area contributed by atoms with Gasteiger partial charge in [-0.05, 0) is 20.2 Å². The molecule has 1 aromatic carbocycles. The van der Waals surface area contributed by atoms with Crippen LogP contribution in [0.3, 0.4) is 0 Å². The lowest BCUT2D eigenvalue weighted by molar-refractivity contribution is 0.294. The van der Waals surface area contributed by atoms with Crippen molar-refractivity contribution in [3.63, 3.8) is 0 Å². The summed E-state index contributed by atoms with van der Waals surface area (Å²) >= 11 is 0. The van der Waals surface area contributed by atoms with Crippen molar-refractivity contribution in [1.82, 2.24) is 4.90 Å². The zero-order chi connectivity index (χ0) is 11.5. The number of anilines is 1. The minimum atomic E-state index is 0.692. The van der Waals surface area contributed by atoms with Gasteiger partial charge in [-0.15, -0.1) is 0 Å². The third kappa shape index (κ3) is 2.39. The quantitative estimate of drug-likeness (QED) is 0.770. The van der Waals surface area contributed by atoms with Crippen LogP contribution in [0.2, 0.25) is 0 Å². The van der Waals surface area contributed by atoms with Gasteiger partial charge in [-0.25, -0.2) is 0 Å². The fourth-order valence-corrected chi connectivity index (χ4v) is 1.83. The number of nitrogens with zero attached hydrogens (tertiary/aromatic N) is 1. The molecule has 0 spiro atoms. The van der Waals surface area contributed by atoms with E-state index in [-0.39, 0.29) is 0 Å². The highest BCUT2D eigenvalue weighted by atomic mass is 16.5. The van der Waals surface area contributed by atoms with E-state index in [1.54, 1.807) is 0 Å². The van der Waals surface area contributed by atoms with Crippen molar-refractivity contribution in [2.45, 2.75) is 13.0 Å². The van der Waals surface area contributed by atoms with Gasteiger partial charge in [-0.3, -0.25) is 0 Å². The summed E-state index contributed by atoms with van der Waals surface area (Å²) in [6.45, 7) is 2.20. The largest absolute Gasteiger partial charge is 0.489 e. The number of fused-ring (bicyclic) bond motifs is 1. The fourth-order valence-electron chi connectivity index (χ4n) is 1.83. The van der Waals surface area contributed by atoms with E-state index in [9.17, 15) is 0 Å². The van der Waals surface area contributed by atoms with Gasteiger partial charge in [0, 0.05) is 30.3 Å². The van der Waals surface area contributed by atoms with E-state index in [0.717, 1.165) is 35.7 Å². The van der Waals surface area contributed by atoms with Crippen LogP contribution in [0.15, 0.2) is 12.1 Å². The van der Waals surface area contributed by atoms with Crippen LogP contribution in [0, 0.1) is 0 Å².